The lowest BCUT2D eigenvalue weighted by Gasteiger charge is -2.42. The molecule has 8 atom stereocenters. The number of esters is 1. The van der Waals surface area contributed by atoms with Crippen LogP contribution in [0.25, 0.3) is 0 Å². The summed E-state index contributed by atoms with van der Waals surface area (Å²) in [4.78, 5) is 42.1. The number of phenolic OH excluding ortho intramolecular Hbond substituents is 1. The highest BCUT2D eigenvalue weighted by molar-refractivity contribution is 5.92. The van der Waals surface area contributed by atoms with Crippen molar-refractivity contribution in [2.45, 2.75) is 74.5 Å². The van der Waals surface area contributed by atoms with Crippen molar-refractivity contribution in [3.8, 4) is 5.75 Å². The summed E-state index contributed by atoms with van der Waals surface area (Å²) in [6.07, 6.45) is -6.16. The lowest BCUT2D eigenvalue weighted by molar-refractivity contribution is -0.241. The van der Waals surface area contributed by atoms with Gasteiger partial charge < -0.3 is 40.1 Å². The Morgan fingerprint density at radius 2 is 1.54 bits per heavy atom. The van der Waals surface area contributed by atoms with Crippen LogP contribution < -0.4 is 10.6 Å². The summed E-state index contributed by atoms with van der Waals surface area (Å²) < 4.78 is 11.3. The number of carbonyl (C=O) groups excluding carboxylic acids is 3. The van der Waals surface area contributed by atoms with Gasteiger partial charge in [0.15, 0.2) is 0 Å². The zero-order chi connectivity index (χ0) is 29.1. The minimum Gasteiger partial charge on any atom is -0.508 e. The number of rotatable bonds is 4. The van der Waals surface area contributed by atoms with E-state index in [-0.39, 0.29) is 18.6 Å². The number of nitrogens with zero attached hydrogens (tertiary/aromatic N) is 1. The van der Waals surface area contributed by atoms with Gasteiger partial charge in [0.25, 0.3) is 0 Å². The second-order valence-corrected chi connectivity index (χ2v) is 10.7. The summed E-state index contributed by atoms with van der Waals surface area (Å²) in [6.45, 7) is -0.161. The second-order valence-electron chi connectivity index (χ2n) is 10.7. The van der Waals surface area contributed by atoms with Crippen LogP contribution in [-0.2, 0) is 36.7 Å². The number of nitrogens with one attached hydrogen (secondary N) is 2. The van der Waals surface area contributed by atoms with E-state index >= 15 is 0 Å². The van der Waals surface area contributed by atoms with Gasteiger partial charge in [-0.25, -0.2) is 4.79 Å². The fourth-order valence-electron chi connectivity index (χ4n) is 5.59. The maximum absolute atomic E-state index is 14.0. The number of aliphatic hydroxyl groups is 3. The molecule has 12 nitrogen and oxygen atoms in total. The maximum atomic E-state index is 14.0. The number of hydrogen-bond acceptors (Lipinski definition) is 10. The molecule has 3 heterocycles. The van der Waals surface area contributed by atoms with E-state index in [0.717, 1.165) is 5.56 Å². The molecule has 2 amide bonds. The number of phenols is 1. The molecule has 0 radical (unpaired) electrons. The van der Waals surface area contributed by atoms with Crippen molar-refractivity contribution < 1.29 is 44.3 Å². The molecule has 0 unspecified atom stereocenters. The average molecular weight is 570 g/mol. The Balaban J connectivity index is 1.47. The van der Waals surface area contributed by atoms with Crippen LogP contribution in [0.2, 0.25) is 0 Å². The molecular weight excluding hydrogens is 534 g/mol. The number of aliphatic hydroxyl groups excluding tert-OH is 3. The number of benzene rings is 2. The minimum absolute atomic E-state index is 0.0564. The first-order valence-corrected chi connectivity index (χ1v) is 13.8. The number of hydrogen-bond donors (Lipinski definition) is 6. The zero-order valence-electron chi connectivity index (χ0n) is 22.3. The Morgan fingerprint density at radius 1 is 0.854 bits per heavy atom. The smallest absolute Gasteiger partial charge is 0.329 e. The van der Waals surface area contributed by atoms with Gasteiger partial charge in [-0.1, -0.05) is 42.5 Å². The van der Waals surface area contributed by atoms with Crippen LogP contribution in [0.4, 0.5) is 0 Å². The molecule has 0 aliphatic carbocycles. The number of aromatic hydroxyl groups is 1. The highest BCUT2D eigenvalue weighted by Crippen LogP contribution is 2.25. The van der Waals surface area contributed by atoms with E-state index in [9.17, 15) is 34.8 Å². The molecule has 41 heavy (non-hydrogen) atoms. The topological polar surface area (TPSA) is 178 Å². The number of ether oxygens (including phenoxy) is 2. The van der Waals surface area contributed by atoms with Crippen molar-refractivity contribution in [1.82, 2.24) is 15.5 Å². The molecule has 3 saturated heterocycles. The first-order valence-electron chi connectivity index (χ1n) is 13.8. The standard InChI is InChI=1S/C29H35N3O9/c33-18-10-8-17(9-11-18)13-19-28(38)32-12-4-7-21(32)26(37)30-20(14-16-5-2-1-3-6-16)29(39)40-15-22-23(34)24(35)25(36)27(31-19)41-22/h1-3,5-6,8-11,19-25,27,31,33-36H,4,7,12-15H2,(H,30,37)/t19-,20-,21-,22+,23+,24-,25+,27+/m0/s1. The van der Waals surface area contributed by atoms with Gasteiger partial charge in [-0.2, -0.15) is 0 Å². The van der Waals surface area contributed by atoms with Gasteiger partial charge in [0.1, 0.15) is 55.1 Å². The van der Waals surface area contributed by atoms with Crippen LogP contribution in [0.1, 0.15) is 24.0 Å². The molecule has 5 rings (SSSR count). The van der Waals surface area contributed by atoms with Crippen molar-refractivity contribution in [3.63, 3.8) is 0 Å². The normalized spacial score (nSPS) is 33.0. The quantitative estimate of drug-likeness (QED) is 0.250. The van der Waals surface area contributed by atoms with Gasteiger partial charge in [0.05, 0.1) is 6.04 Å². The Labute approximate surface area is 236 Å². The molecule has 3 aliphatic heterocycles. The Hall–Kier alpha value is -3.55. The monoisotopic (exact) mass is 569 g/mol. The van der Waals surface area contributed by atoms with Crippen molar-refractivity contribution in [1.29, 1.82) is 0 Å². The highest BCUT2D eigenvalue weighted by atomic mass is 16.6. The number of cyclic esters (lactones) is 1. The third kappa shape index (κ3) is 6.52. The fourth-order valence-corrected chi connectivity index (χ4v) is 5.59. The average Bonchev–Trinajstić information content (AvgIpc) is 3.47. The van der Waals surface area contributed by atoms with Crippen LogP contribution in [0.3, 0.4) is 0 Å². The summed E-state index contributed by atoms with van der Waals surface area (Å²) >= 11 is 0. The number of fused-ring (bicyclic) bond motifs is 3. The second kappa shape index (κ2) is 12.5. The lowest BCUT2D eigenvalue weighted by Crippen LogP contribution is -2.66. The van der Waals surface area contributed by atoms with Crippen LogP contribution in [0, 0.1) is 0 Å². The van der Waals surface area contributed by atoms with Crippen LogP contribution >= 0.6 is 0 Å². The van der Waals surface area contributed by atoms with E-state index in [1.54, 1.807) is 12.1 Å². The summed E-state index contributed by atoms with van der Waals surface area (Å²) in [7, 11) is 0. The molecule has 3 aliphatic rings. The summed E-state index contributed by atoms with van der Waals surface area (Å²) in [6, 6.07) is 12.4. The predicted octanol–water partition coefficient (Wildman–Crippen LogP) is -1.02. The zero-order valence-corrected chi connectivity index (χ0v) is 22.3. The van der Waals surface area contributed by atoms with Crippen molar-refractivity contribution in [2.75, 3.05) is 13.2 Å². The molecular formula is C29H35N3O9. The summed E-state index contributed by atoms with van der Waals surface area (Å²) in [5, 5.41) is 47.3. The Kier molecular flexibility index (Phi) is 8.85. The molecule has 220 valence electrons. The van der Waals surface area contributed by atoms with Crippen molar-refractivity contribution >= 4 is 17.8 Å². The van der Waals surface area contributed by atoms with E-state index in [0.29, 0.717) is 24.9 Å². The summed E-state index contributed by atoms with van der Waals surface area (Å²) in [5.74, 6) is -1.62. The van der Waals surface area contributed by atoms with Gasteiger partial charge in [-0.15, -0.1) is 0 Å². The first-order chi connectivity index (χ1) is 19.7. The van der Waals surface area contributed by atoms with Gasteiger partial charge in [-0.05, 0) is 42.5 Å². The molecule has 3 fully saturated rings. The van der Waals surface area contributed by atoms with Gasteiger partial charge >= 0.3 is 5.97 Å². The molecule has 0 spiro atoms. The van der Waals surface area contributed by atoms with Gasteiger partial charge in [0, 0.05) is 13.0 Å². The minimum atomic E-state index is -1.65. The van der Waals surface area contributed by atoms with E-state index in [1.165, 1.54) is 17.0 Å². The lowest BCUT2D eigenvalue weighted by atomic mass is 9.96. The Bertz CT molecular complexity index is 1230. The molecule has 2 bridgehead atoms. The molecule has 2 aromatic rings. The van der Waals surface area contributed by atoms with E-state index < -0.39 is 73.2 Å². The van der Waals surface area contributed by atoms with E-state index in [4.69, 9.17) is 9.47 Å². The maximum Gasteiger partial charge on any atom is 0.329 e. The predicted molar refractivity (Wildman–Crippen MR) is 143 cm³/mol. The first kappa shape index (κ1) is 29.0. The van der Waals surface area contributed by atoms with E-state index in [1.807, 2.05) is 30.3 Å². The Morgan fingerprint density at radius 3 is 2.27 bits per heavy atom. The van der Waals surface area contributed by atoms with Crippen LogP contribution in [-0.4, -0.2) is 105 Å². The highest BCUT2D eigenvalue weighted by Gasteiger charge is 2.47. The largest absolute Gasteiger partial charge is 0.508 e. The number of carbonyl (C=O) groups is 3. The van der Waals surface area contributed by atoms with Crippen LogP contribution in [0.15, 0.2) is 54.6 Å². The van der Waals surface area contributed by atoms with Gasteiger partial charge in [-0.3, -0.25) is 14.9 Å². The van der Waals surface area contributed by atoms with Gasteiger partial charge in [0.2, 0.25) is 11.8 Å². The number of amides is 2. The molecule has 12 heteroatoms. The van der Waals surface area contributed by atoms with Crippen molar-refractivity contribution in [3.05, 3.63) is 65.7 Å². The fraction of sp³-hybridized carbons (Fsp3) is 0.483. The SMILES string of the molecule is O=C1OC[C@H]2O[C@@H](N[C@@H](Cc3ccc(O)cc3)C(=O)N3CCC[C@H]3C(=O)N[C@H]1Cc1ccccc1)[C@H](O)[C@@H](O)[C@@H]2O. The molecule has 6 N–H and O–H groups in total. The molecule has 0 saturated carbocycles. The third-order valence-electron chi connectivity index (χ3n) is 7.86. The summed E-state index contributed by atoms with van der Waals surface area (Å²) in [5.41, 5.74) is 1.47. The third-order valence-corrected chi connectivity index (χ3v) is 7.86. The molecule has 0 aromatic heterocycles. The van der Waals surface area contributed by atoms with Crippen molar-refractivity contribution in [2.24, 2.45) is 0 Å². The van der Waals surface area contributed by atoms with E-state index in [2.05, 4.69) is 10.6 Å². The van der Waals surface area contributed by atoms with Crippen LogP contribution in [0.5, 0.6) is 5.75 Å². The molecule has 2 aromatic carbocycles.